The van der Waals surface area contributed by atoms with Gasteiger partial charge in [0.1, 0.15) is 0 Å². The van der Waals surface area contributed by atoms with Crippen LogP contribution in [0.5, 0.6) is 11.5 Å². The largest absolute Gasteiger partial charge is 0.493 e. The summed E-state index contributed by atoms with van der Waals surface area (Å²) in [5.74, 6) is 1.52. The number of imidazole rings is 1. The standard InChI is InChI=1S/C20H24N4O2/c1-25-19-10-5-7-17(15-22-23-18-8-3-2-4-9-18)20(19)26-14-6-12-24-13-11-21-16-24/h2-5,7-11,13,16,22-23H,6,12,14-15H2,1H3. The fourth-order valence-electron chi connectivity index (χ4n) is 2.63. The first-order valence-electron chi connectivity index (χ1n) is 8.65. The predicted octanol–water partition coefficient (Wildman–Crippen LogP) is 3.48. The van der Waals surface area contributed by atoms with Crippen LogP contribution in [0, 0.1) is 0 Å². The van der Waals surface area contributed by atoms with Gasteiger partial charge in [0.15, 0.2) is 11.5 Å². The monoisotopic (exact) mass is 352 g/mol. The number of hydrogen-bond acceptors (Lipinski definition) is 5. The zero-order chi connectivity index (χ0) is 18.0. The van der Waals surface area contributed by atoms with Crippen molar-refractivity contribution >= 4 is 5.69 Å². The quantitative estimate of drug-likeness (QED) is 0.432. The molecule has 3 aromatic rings. The van der Waals surface area contributed by atoms with Crippen molar-refractivity contribution in [2.75, 3.05) is 19.1 Å². The van der Waals surface area contributed by atoms with Crippen LogP contribution >= 0.6 is 0 Å². The Hall–Kier alpha value is -2.99. The van der Waals surface area contributed by atoms with Crippen LogP contribution in [0.25, 0.3) is 0 Å². The Balaban J connectivity index is 1.56. The molecule has 0 aliphatic carbocycles. The van der Waals surface area contributed by atoms with Crippen LogP contribution in [0.3, 0.4) is 0 Å². The molecule has 0 spiro atoms. The van der Waals surface area contributed by atoms with Crippen molar-refractivity contribution in [3.05, 3.63) is 72.8 Å². The summed E-state index contributed by atoms with van der Waals surface area (Å²) in [6, 6.07) is 15.9. The van der Waals surface area contributed by atoms with Crippen molar-refractivity contribution in [3.63, 3.8) is 0 Å². The molecule has 2 N–H and O–H groups in total. The number of hydrogen-bond donors (Lipinski definition) is 2. The summed E-state index contributed by atoms with van der Waals surface area (Å²) in [6.07, 6.45) is 6.44. The first-order chi connectivity index (χ1) is 12.9. The lowest BCUT2D eigenvalue weighted by Gasteiger charge is -2.16. The van der Waals surface area contributed by atoms with E-state index in [2.05, 4.69) is 15.8 Å². The van der Waals surface area contributed by atoms with E-state index in [0.29, 0.717) is 13.2 Å². The third-order valence-corrected chi connectivity index (χ3v) is 3.93. The van der Waals surface area contributed by atoms with Crippen LogP contribution < -0.4 is 20.3 Å². The maximum atomic E-state index is 6.03. The minimum Gasteiger partial charge on any atom is -0.493 e. The van der Waals surface area contributed by atoms with Crippen molar-refractivity contribution in [2.45, 2.75) is 19.5 Å². The van der Waals surface area contributed by atoms with Crippen LogP contribution in [0.2, 0.25) is 0 Å². The molecule has 0 fully saturated rings. The van der Waals surface area contributed by atoms with E-state index in [4.69, 9.17) is 9.47 Å². The number of ether oxygens (including phenoxy) is 2. The summed E-state index contributed by atoms with van der Waals surface area (Å²) >= 11 is 0. The topological polar surface area (TPSA) is 60.3 Å². The van der Waals surface area contributed by atoms with Gasteiger partial charge in [-0.2, -0.15) is 0 Å². The highest BCUT2D eigenvalue weighted by Gasteiger charge is 2.10. The predicted molar refractivity (Wildman–Crippen MR) is 102 cm³/mol. The highest BCUT2D eigenvalue weighted by Crippen LogP contribution is 2.31. The highest BCUT2D eigenvalue weighted by molar-refractivity contribution is 5.47. The van der Waals surface area contributed by atoms with Crippen LogP contribution in [0.4, 0.5) is 5.69 Å². The summed E-state index contributed by atoms with van der Waals surface area (Å²) in [4.78, 5) is 4.05. The molecule has 0 amide bonds. The van der Waals surface area contributed by atoms with E-state index in [9.17, 15) is 0 Å². The average molecular weight is 352 g/mol. The van der Waals surface area contributed by atoms with Gasteiger partial charge in [0.25, 0.3) is 0 Å². The van der Waals surface area contributed by atoms with Gasteiger partial charge in [-0.25, -0.2) is 10.4 Å². The molecule has 0 radical (unpaired) electrons. The molecule has 0 bridgehead atoms. The van der Waals surface area contributed by atoms with E-state index in [1.54, 1.807) is 13.3 Å². The first kappa shape index (κ1) is 17.8. The zero-order valence-electron chi connectivity index (χ0n) is 14.9. The maximum absolute atomic E-state index is 6.03. The van der Waals surface area contributed by atoms with Crippen molar-refractivity contribution in [1.82, 2.24) is 15.0 Å². The van der Waals surface area contributed by atoms with Gasteiger partial charge >= 0.3 is 0 Å². The summed E-state index contributed by atoms with van der Waals surface area (Å²) < 4.78 is 13.5. The van der Waals surface area contributed by atoms with Gasteiger partial charge in [0, 0.05) is 36.7 Å². The third-order valence-electron chi connectivity index (χ3n) is 3.93. The molecule has 26 heavy (non-hydrogen) atoms. The van der Waals surface area contributed by atoms with E-state index in [1.165, 1.54) is 0 Å². The minimum absolute atomic E-state index is 0.609. The van der Waals surface area contributed by atoms with Gasteiger partial charge < -0.3 is 19.5 Å². The van der Waals surface area contributed by atoms with Gasteiger partial charge in [-0.1, -0.05) is 30.3 Å². The lowest BCUT2D eigenvalue weighted by molar-refractivity contribution is 0.279. The molecule has 2 aromatic carbocycles. The number of benzene rings is 2. The number of methoxy groups -OCH3 is 1. The molecule has 3 rings (SSSR count). The SMILES string of the molecule is COc1cccc(CNNc2ccccc2)c1OCCCn1ccnc1. The zero-order valence-corrected chi connectivity index (χ0v) is 14.9. The number of anilines is 1. The minimum atomic E-state index is 0.609. The second kappa shape index (κ2) is 9.48. The Kier molecular flexibility index (Phi) is 6.50. The Morgan fingerprint density at radius 2 is 1.96 bits per heavy atom. The van der Waals surface area contributed by atoms with E-state index in [0.717, 1.165) is 35.7 Å². The molecular formula is C20H24N4O2. The molecule has 0 saturated carbocycles. The first-order valence-corrected chi connectivity index (χ1v) is 8.65. The molecule has 0 unspecified atom stereocenters. The van der Waals surface area contributed by atoms with Gasteiger partial charge in [-0.3, -0.25) is 0 Å². The van der Waals surface area contributed by atoms with Crippen molar-refractivity contribution in [2.24, 2.45) is 0 Å². The van der Waals surface area contributed by atoms with Crippen LogP contribution in [-0.2, 0) is 13.1 Å². The van der Waals surface area contributed by atoms with E-state index < -0.39 is 0 Å². The lowest BCUT2D eigenvalue weighted by atomic mass is 10.2. The van der Waals surface area contributed by atoms with Crippen molar-refractivity contribution in [1.29, 1.82) is 0 Å². The van der Waals surface area contributed by atoms with Crippen molar-refractivity contribution < 1.29 is 9.47 Å². The fourth-order valence-corrected chi connectivity index (χ4v) is 2.63. The smallest absolute Gasteiger partial charge is 0.165 e. The van der Waals surface area contributed by atoms with Gasteiger partial charge in [-0.15, -0.1) is 0 Å². The average Bonchev–Trinajstić information content (AvgIpc) is 3.20. The molecule has 1 heterocycles. The summed E-state index contributed by atoms with van der Waals surface area (Å²) in [6.45, 7) is 2.10. The van der Waals surface area contributed by atoms with E-state index >= 15 is 0 Å². The van der Waals surface area contributed by atoms with Crippen LogP contribution in [0.15, 0.2) is 67.3 Å². The fraction of sp³-hybridized carbons (Fsp3) is 0.250. The van der Waals surface area contributed by atoms with Gasteiger partial charge in [-0.05, 0) is 24.6 Å². The molecule has 0 saturated heterocycles. The summed E-state index contributed by atoms with van der Waals surface area (Å²) in [7, 11) is 1.66. The number of nitrogens with zero attached hydrogens (tertiary/aromatic N) is 2. The van der Waals surface area contributed by atoms with Crippen molar-refractivity contribution in [3.8, 4) is 11.5 Å². The molecule has 6 nitrogen and oxygen atoms in total. The number of aromatic nitrogens is 2. The van der Waals surface area contributed by atoms with Gasteiger partial charge in [0.05, 0.1) is 20.0 Å². The Morgan fingerprint density at radius 1 is 1.08 bits per heavy atom. The molecule has 0 aliphatic rings. The Bertz CT molecular complexity index is 776. The maximum Gasteiger partial charge on any atom is 0.165 e. The number of para-hydroxylation sites is 2. The number of nitrogens with one attached hydrogen (secondary N) is 2. The molecule has 6 heteroatoms. The Labute approximate surface area is 153 Å². The van der Waals surface area contributed by atoms with E-state index in [-0.39, 0.29) is 0 Å². The molecule has 1 aromatic heterocycles. The number of hydrazine groups is 1. The molecular weight excluding hydrogens is 328 g/mol. The van der Waals surface area contributed by atoms with Crippen LogP contribution in [-0.4, -0.2) is 23.3 Å². The third kappa shape index (κ3) is 5.00. The molecule has 0 aliphatic heterocycles. The molecule has 0 atom stereocenters. The van der Waals surface area contributed by atoms with Gasteiger partial charge in [0.2, 0.25) is 0 Å². The number of rotatable bonds is 10. The lowest BCUT2D eigenvalue weighted by Crippen LogP contribution is -2.21. The second-order valence-corrected chi connectivity index (χ2v) is 5.80. The molecule has 136 valence electrons. The normalized spacial score (nSPS) is 10.5. The summed E-state index contributed by atoms with van der Waals surface area (Å²) in [5, 5.41) is 0. The summed E-state index contributed by atoms with van der Waals surface area (Å²) in [5.41, 5.74) is 8.46. The highest BCUT2D eigenvalue weighted by atomic mass is 16.5. The Morgan fingerprint density at radius 3 is 2.73 bits per heavy atom. The van der Waals surface area contributed by atoms with Crippen LogP contribution in [0.1, 0.15) is 12.0 Å². The van der Waals surface area contributed by atoms with E-state index in [1.807, 2.05) is 65.6 Å². The number of aryl methyl sites for hydroxylation is 1. The second-order valence-electron chi connectivity index (χ2n) is 5.80.